The van der Waals surface area contributed by atoms with Crippen LogP contribution in [-0.4, -0.2) is 53.4 Å². The van der Waals surface area contributed by atoms with E-state index in [9.17, 15) is 0 Å². The molecule has 1 saturated carbocycles. The number of hydrogen-bond donors (Lipinski definition) is 1. The smallest absolute Gasteiger partial charge is 0.315 e. The standard InChI is InChI=1S/C25H30N4O4/c1-13-7-18(27-22-16(13)8-15(14-5-6-14)9-17(22)25(2,3)4)23-28-29-24(33-23)26-10-21-31-19-11-30-12-20(19)32-21/h7-9,14,19-21H,5-6,10-12H2,1-4H3,(H,26,29)/t19-,20+,21?. The highest BCUT2D eigenvalue weighted by molar-refractivity contribution is 5.88. The van der Waals surface area contributed by atoms with Crippen LogP contribution in [-0.2, 0) is 19.6 Å². The van der Waals surface area contributed by atoms with Crippen molar-refractivity contribution in [2.45, 2.75) is 70.4 Å². The van der Waals surface area contributed by atoms with Crippen molar-refractivity contribution < 1.29 is 18.6 Å². The monoisotopic (exact) mass is 450 g/mol. The highest BCUT2D eigenvalue weighted by Crippen LogP contribution is 2.44. The number of hydrogen-bond acceptors (Lipinski definition) is 8. The number of nitrogens with one attached hydrogen (secondary N) is 1. The molecule has 3 aromatic rings. The fraction of sp³-hybridized carbons (Fsp3) is 0.560. The van der Waals surface area contributed by atoms with Gasteiger partial charge in [-0.15, -0.1) is 5.10 Å². The van der Waals surface area contributed by atoms with Gasteiger partial charge in [-0.3, -0.25) is 0 Å². The van der Waals surface area contributed by atoms with Gasteiger partial charge in [0, 0.05) is 5.39 Å². The van der Waals surface area contributed by atoms with E-state index in [-0.39, 0.29) is 23.9 Å². The van der Waals surface area contributed by atoms with Gasteiger partial charge in [-0.25, -0.2) is 4.98 Å². The van der Waals surface area contributed by atoms with E-state index in [2.05, 4.69) is 55.3 Å². The van der Waals surface area contributed by atoms with Crippen LogP contribution in [0.25, 0.3) is 22.5 Å². The number of nitrogens with zero attached hydrogens (tertiary/aromatic N) is 3. The number of rotatable bonds is 5. The second-order valence-corrected chi connectivity index (χ2v) is 10.4. The molecular formula is C25H30N4O4. The molecule has 3 fully saturated rings. The summed E-state index contributed by atoms with van der Waals surface area (Å²) >= 11 is 0. The number of aromatic nitrogens is 3. The zero-order chi connectivity index (χ0) is 22.7. The van der Waals surface area contributed by atoms with E-state index < -0.39 is 0 Å². The van der Waals surface area contributed by atoms with Crippen LogP contribution in [0.1, 0.15) is 56.2 Å². The molecule has 1 aliphatic carbocycles. The van der Waals surface area contributed by atoms with Gasteiger partial charge in [0.1, 0.15) is 17.9 Å². The Balaban J connectivity index is 1.26. The molecule has 1 aromatic carbocycles. The molecule has 174 valence electrons. The first kappa shape index (κ1) is 21.0. The number of ether oxygens (including phenoxy) is 3. The van der Waals surface area contributed by atoms with Crippen LogP contribution in [0.15, 0.2) is 22.6 Å². The lowest BCUT2D eigenvalue weighted by molar-refractivity contribution is -0.0843. The summed E-state index contributed by atoms with van der Waals surface area (Å²) in [7, 11) is 0. The summed E-state index contributed by atoms with van der Waals surface area (Å²) in [5.74, 6) is 1.09. The minimum absolute atomic E-state index is 0.0114. The molecule has 2 saturated heterocycles. The molecule has 0 radical (unpaired) electrons. The maximum Gasteiger partial charge on any atom is 0.315 e. The van der Waals surface area contributed by atoms with Crippen molar-refractivity contribution in [3.8, 4) is 11.6 Å². The zero-order valence-corrected chi connectivity index (χ0v) is 19.6. The van der Waals surface area contributed by atoms with Crippen molar-refractivity contribution in [3.63, 3.8) is 0 Å². The van der Waals surface area contributed by atoms with Gasteiger partial charge in [0.05, 0.1) is 25.3 Å². The van der Waals surface area contributed by atoms with Gasteiger partial charge in [-0.05, 0) is 59.9 Å². The molecule has 2 aromatic heterocycles. The van der Waals surface area contributed by atoms with E-state index in [1.165, 1.54) is 29.4 Å². The largest absolute Gasteiger partial charge is 0.402 e. The van der Waals surface area contributed by atoms with Crippen LogP contribution in [0.5, 0.6) is 0 Å². The second kappa shape index (κ2) is 7.75. The fourth-order valence-corrected chi connectivity index (χ4v) is 4.70. The van der Waals surface area contributed by atoms with E-state index in [4.69, 9.17) is 23.6 Å². The Morgan fingerprint density at radius 1 is 1.03 bits per heavy atom. The molecule has 8 heteroatoms. The maximum atomic E-state index is 5.89. The molecule has 33 heavy (non-hydrogen) atoms. The first-order valence-corrected chi connectivity index (χ1v) is 11.8. The fourth-order valence-electron chi connectivity index (χ4n) is 4.70. The van der Waals surface area contributed by atoms with E-state index in [0.29, 0.717) is 43.3 Å². The van der Waals surface area contributed by atoms with Crippen LogP contribution in [0.4, 0.5) is 6.01 Å². The van der Waals surface area contributed by atoms with Crippen molar-refractivity contribution >= 4 is 16.9 Å². The normalized spacial score (nSPS) is 25.0. The molecule has 4 heterocycles. The van der Waals surface area contributed by atoms with E-state index in [0.717, 1.165) is 11.1 Å². The summed E-state index contributed by atoms with van der Waals surface area (Å²) in [6.07, 6.45) is 2.23. The van der Waals surface area contributed by atoms with Crippen molar-refractivity contribution in [2.24, 2.45) is 0 Å². The first-order chi connectivity index (χ1) is 15.8. The van der Waals surface area contributed by atoms with E-state index in [1.54, 1.807) is 0 Å². The second-order valence-electron chi connectivity index (χ2n) is 10.4. The van der Waals surface area contributed by atoms with Crippen LogP contribution in [0.3, 0.4) is 0 Å². The molecule has 2 aliphatic heterocycles. The van der Waals surface area contributed by atoms with Gasteiger partial charge in [-0.2, -0.15) is 0 Å². The summed E-state index contributed by atoms with van der Waals surface area (Å²) in [6, 6.07) is 7.02. The van der Waals surface area contributed by atoms with Crippen molar-refractivity contribution in [1.29, 1.82) is 0 Å². The van der Waals surface area contributed by atoms with Gasteiger partial charge in [0.25, 0.3) is 5.89 Å². The topological polar surface area (TPSA) is 91.5 Å². The van der Waals surface area contributed by atoms with Gasteiger partial charge in [0.15, 0.2) is 6.29 Å². The van der Waals surface area contributed by atoms with Crippen molar-refractivity contribution in [2.75, 3.05) is 25.1 Å². The molecule has 6 rings (SSSR count). The third kappa shape index (κ3) is 4.00. The molecule has 0 spiro atoms. The Kier molecular flexibility index (Phi) is 4.94. The van der Waals surface area contributed by atoms with Crippen molar-refractivity contribution in [1.82, 2.24) is 15.2 Å². The summed E-state index contributed by atoms with van der Waals surface area (Å²) in [4.78, 5) is 5.00. The van der Waals surface area contributed by atoms with Gasteiger partial charge < -0.3 is 23.9 Å². The third-order valence-electron chi connectivity index (χ3n) is 6.70. The number of fused-ring (bicyclic) bond motifs is 2. The van der Waals surface area contributed by atoms with Gasteiger partial charge >= 0.3 is 6.01 Å². The lowest BCUT2D eigenvalue weighted by Crippen LogP contribution is -2.23. The molecule has 0 amide bonds. The van der Waals surface area contributed by atoms with Crippen molar-refractivity contribution in [3.05, 3.63) is 34.9 Å². The summed E-state index contributed by atoms with van der Waals surface area (Å²) in [6.45, 7) is 10.4. The van der Waals surface area contributed by atoms with Crippen LogP contribution < -0.4 is 5.32 Å². The number of benzene rings is 1. The highest BCUT2D eigenvalue weighted by atomic mass is 16.8. The summed E-state index contributed by atoms with van der Waals surface area (Å²) in [5.41, 5.74) is 5.53. The predicted molar refractivity (Wildman–Crippen MR) is 123 cm³/mol. The van der Waals surface area contributed by atoms with Gasteiger partial charge in [0.2, 0.25) is 0 Å². The average Bonchev–Trinajstić information content (AvgIpc) is 3.15. The van der Waals surface area contributed by atoms with Crippen LogP contribution >= 0.6 is 0 Å². The lowest BCUT2D eigenvalue weighted by Gasteiger charge is -2.23. The predicted octanol–water partition coefficient (Wildman–Crippen LogP) is 4.32. The van der Waals surface area contributed by atoms with Crippen LogP contribution in [0.2, 0.25) is 0 Å². The minimum Gasteiger partial charge on any atom is -0.402 e. The number of pyridine rings is 1. The highest BCUT2D eigenvalue weighted by Gasteiger charge is 2.40. The van der Waals surface area contributed by atoms with E-state index >= 15 is 0 Å². The minimum atomic E-state index is -0.352. The number of anilines is 1. The number of aryl methyl sites for hydroxylation is 1. The first-order valence-electron chi connectivity index (χ1n) is 11.8. The Hall–Kier alpha value is -2.55. The average molecular weight is 451 g/mol. The van der Waals surface area contributed by atoms with Gasteiger partial charge in [-0.1, -0.05) is 31.9 Å². The maximum absolute atomic E-state index is 5.89. The Bertz CT molecular complexity index is 1190. The molecular weight excluding hydrogens is 420 g/mol. The zero-order valence-electron chi connectivity index (χ0n) is 19.6. The summed E-state index contributed by atoms with van der Waals surface area (Å²) < 4.78 is 22.9. The Morgan fingerprint density at radius 3 is 2.48 bits per heavy atom. The third-order valence-corrected chi connectivity index (χ3v) is 6.70. The molecule has 3 aliphatic rings. The molecule has 3 atom stereocenters. The molecule has 1 unspecified atom stereocenters. The summed E-state index contributed by atoms with van der Waals surface area (Å²) in [5, 5.41) is 12.7. The molecule has 1 N–H and O–H groups in total. The molecule has 0 bridgehead atoms. The Morgan fingerprint density at radius 2 is 1.79 bits per heavy atom. The van der Waals surface area contributed by atoms with E-state index in [1.807, 2.05) is 6.07 Å². The quantitative estimate of drug-likeness (QED) is 0.615. The SMILES string of the molecule is Cc1cc(-c2nnc(NCC3O[C@H]4COC[C@H]4O3)o2)nc2c(C(C)(C)C)cc(C3CC3)cc12. The molecule has 8 nitrogen and oxygen atoms in total. The lowest BCUT2D eigenvalue weighted by atomic mass is 9.83. The van der Waals surface area contributed by atoms with Crippen LogP contribution in [0, 0.1) is 6.92 Å². The Labute approximate surface area is 193 Å².